The van der Waals surface area contributed by atoms with Crippen LogP contribution in [-0.4, -0.2) is 72.7 Å². The first kappa shape index (κ1) is 24.7. The second-order valence-corrected chi connectivity index (χ2v) is 11.0. The molecule has 0 spiro atoms. The third-order valence-corrected chi connectivity index (χ3v) is 8.83. The Morgan fingerprint density at radius 3 is 1.48 bits per heavy atom. The van der Waals surface area contributed by atoms with Crippen molar-refractivity contribution in [3.8, 4) is 0 Å². The Morgan fingerprint density at radius 1 is 0.758 bits per heavy atom. The molecule has 1 saturated heterocycles. The van der Waals surface area contributed by atoms with Gasteiger partial charge >= 0.3 is 0 Å². The van der Waals surface area contributed by atoms with Crippen LogP contribution in [0.4, 0.5) is 11.4 Å². The number of benzene rings is 2. The van der Waals surface area contributed by atoms with Crippen molar-refractivity contribution in [3.63, 3.8) is 0 Å². The first-order valence-corrected chi connectivity index (χ1v) is 12.5. The van der Waals surface area contributed by atoms with Crippen LogP contribution in [0.3, 0.4) is 0 Å². The molecule has 2 aromatic carbocycles. The van der Waals surface area contributed by atoms with E-state index < -0.39 is 70.3 Å². The zero-order chi connectivity index (χ0) is 24.4. The third-order valence-electron chi connectivity index (χ3n) is 5.00. The van der Waals surface area contributed by atoms with Gasteiger partial charge < -0.3 is 5.11 Å². The number of aliphatic hydroxyl groups is 1. The summed E-state index contributed by atoms with van der Waals surface area (Å²) >= 11 is 0. The summed E-state index contributed by atoms with van der Waals surface area (Å²) in [6.07, 6.45) is -1.49. The average molecular weight is 501 g/mol. The molecule has 0 radical (unpaired) electrons. The molecule has 1 heterocycles. The molecule has 0 atom stereocenters. The first-order valence-electron chi connectivity index (χ1n) is 9.61. The van der Waals surface area contributed by atoms with Gasteiger partial charge in [-0.2, -0.15) is 8.61 Å². The summed E-state index contributed by atoms with van der Waals surface area (Å²) in [7, 11) is -8.72. The minimum absolute atomic E-state index is 0.00750. The molecule has 0 saturated carbocycles. The van der Waals surface area contributed by atoms with Crippen molar-refractivity contribution in [3.05, 3.63) is 68.8 Å². The Bertz CT molecular complexity index is 1180. The number of nitro benzene ring substituents is 2. The maximum atomic E-state index is 13.0. The molecule has 0 aliphatic carbocycles. The highest BCUT2D eigenvalue weighted by molar-refractivity contribution is 7.89. The SMILES string of the molecule is O=[N+]([O-])c1ccccc1S(=O)(=O)N1CCCN(S(=O)(=O)c2ccccc2[N+](=O)[O-])CC(O)C1. The van der Waals surface area contributed by atoms with Gasteiger partial charge in [0.25, 0.3) is 11.4 Å². The summed E-state index contributed by atoms with van der Waals surface area (Å²) in [4.78, 5) is 19.8. The number of nitrogens with zero attached hydrogens (tertiary/aromatic N) is 4. The molecule has 0 aromatic heterocycles. The van der Waals surface area contributed by atoms with Gasteiger partial charge in [-0.1, -0.05) is 24.3 Å². The van der Waals surface area contributed by atoms with E-state index in [0.717, 1.165) is 32.9 Å². The van der Waals surface area contributed by atoms with Gasteiger partial charge in [0.15, 0.2) is 9.79 Å². The molecule has 33 heavy (non-hydrogen) atoms. The van der Waals surface area contributed by atoms with Gasteiger partial charge in [-0.3, -0.25) is 20.2 Å². The first-order chi connectivity index (χ1) is 15.5. The Morgan fingerprint density at radius 2 is 1.12 bits per heavy atom. The number of aliphatic hydroxyl groups excluding tert-OH is 1. The molecule has 13 nitrogen and oxygen atoms in total. The van der Waals surface area contributed by atoms with Gasteiger partial charge in [-0.05, 0) is 18.6 Å². The highest BCUT2D eigenvalue weighted by Crippen LogP contribution is 2.29. The molecule has 1 N–H and O–H groups in total. The maximum Gasteiger partial charge on any atom is 0.289 e. The molecule has 0 bridgehead atoms. The number of hydrogen-bond acceptors (Lipinski definition) is 9. The van der Waals surface area contributed by atoms with E-state index in [4.69, 9.17) is 0 Å². The average Bonchev–Trinajstić information content (AvgIpc) is 2.75. The number of nitro groups is 2. The van der Waals surface area contributed by atoms with Crippen LogP contribution in [0.1, 0.15) is 6.42 Å². The zero-order valence-corrected chi connectivity index (χ0v) is 18.7. The van der Waals surface area contributed by atoms with Crippen LogP contribution in [0.2, 0.25) is 0 Å². The van der Waals surface area contributed by atoms with Crippen LogP contribution in [0.15, 0.2) is 58.3 Å². The van der Waals surface area contributed by atoms with E-state index >= 15 is 0 Å². The van der Waals surface area contributed by atoms with Crippen molar-refractivity contribution >= 4 is 31.4 Å². The van der Waals surface area contributed by atoms with Crippen LogP contribution in [0, 0.1) is 20.2 Å². The van der Waals surface area contributed by atoms with Gasteiger partial charge in [0.2, 0.25) is 20.0 Å². The summed E-state index contributed by atoms with van der Waals surface area (Å²) in [5, 5.41) is 33.0. The molecule has 1 aliphatic rings. The lowest BCUT2D eigenvalue weighted by atomic mass is 10.3. The van der Waals surface area contributed by atoms with Crippen molar-refractivity contribution in [1.29, 1.82) is 0 Å². The number of rotatable bonds is 6. The van der Waals surface area contributed by atoms with Crippen LogP contribution in [-0.2, 0) is 20.0 Å². The van der Waals surface area contributed by atoms with E-state index in [-0.39, 0.29) is 19.5 Å². The Balaban J connectivity index is 1.87. The van der Waals surface area contributed by atoms with Crippen molar-refractivity contribution < 1.29 is 31.8 Å². The van der Waals surface area contributed by atoms with Gasteiger partial charge in [0.1, 0.15) is 0 Å². The van der Waals surface area contributed by atoms with Crippen molar-refractivity contribution in [2.45, 2.75) is 22.3 Å². The van der Waals surface area contributed by atoms with Crippen LogP contribution < -0.4 is 0 Å². The summed E-state index contributed by atoms with van der Waals surface area (Å²) in [5.41, 5.74) is -1.23. The number of para-hydroxylation sites is 2. The summed E-state index contributed by atoms with van der Waals surface area (Å²) in [5.74, 6) is 0. The molecule has 3 rings (SSSR count). The standard InChI is InChI=1S/C18H20N4O9S2/c23-14-12-19(32(28,29)17-8-3-1-6-15(17)21(24)25)10-5-11-20(13-14)33(30,31)18-9-4-2-7-16(18)22(26)27/h1-4,6-9,14,23H,5,10-13H2. The predicted octanol–water partition coefficient (Wildman–Crippen LogP) is 0.949. The monoisotopic (exact) mass is 500 g/mol. The fraction of sp³-hybridized carbons (Fsp3) is 0.333. The smallest absolute Gasteiger partial charge is 0.289 e. The summed E-state index contributed by atoms with van der Waals surface area (Å²) < 4.78 is 53.9. The van der Waals surface area contributed by atoms with E-state index in [2.05, 4.69) is 0 Å². The van der Waals surface area contributed by atoms with Crippen molar-refractivity contribution in [2.75, 3.05) is 26.2 Å². The predicted molar refractivity (Wildman–Crippen MR) is 114 cm³/mol. The van der Waals surface area contributed by atoms with E-state index in [1.165, 1.54) is 24.3 Å². The number of β-amino-alcohol motifs (C(OH)–C–C–N with tert-alkyl or cyclic N) is 1. The van der Waals surface area contributed by atoms with Gasteiger partial charge in [0.05, 0.1) is 16.0 Å². The van der Waals surface area contributed by atoms with Crippen LogP contribution in [0.25, 0.3) is 0 Å². The maximum absolute atomic E-state index is 13.0. The third kappa shape index (κ3) is 5.01. The Kier molecular flexibility index (Phi) is 7.08. The lowest BCUT2D eigenvalue weighted by molar-refractivity contribution is -0.388. The minimum atomic E-state index is -4.36. The van der Waals surface area contributed by atoms with Crippen LogP contribution >= 0.6 is 0 Å². The molecule has 2 aromatic rings. The van der Waals surface area contributed by atoms with Gasteiger partial charge in [0, 0.05) is 38.3 Å². The molecule has 1 aliphatic heterocycles. The molecule has 0 unspecified atom stereocenters. The highest BCUT2D eigenvalue weighted by Gasteiger charge is 2.37. The second-order valence-electron chi connectivity index (χ2n) is 7.18. The van der Waals surface area contributed by atoms with Crippen LogP contribution in [0.5, 0.6) is 0 Å². The Hall–Kier alpha value is -2.98. The molecule has 178 valence electrons. The number of hydrogen-bond donors (Lipinski definition) is 1. The zero-order valence-electron chi connectivity index (χ0n) is 17.1. The van der Waals surface area contributed by atoms with Gasteiger partial charge in [-0.25, -0.2) is 16.8 Å². The van der Waals surface area contributed by atoms with E-state index in [1.807, 2.05) is 0 Å². The van der Waals surface area contributed by atoms with E-state index in [0.29, 0.717) is 0 Å². The number of sulfonamides is 2. The fourth-order valence-corrected chi connectivity index (χ4v) is 6.85. The lowest BCUT2D eigenvalue weighted by Crippen LogP contribution is -2.48. The van der Waals surface area contributed by atoms with Crippen molar-refractivity contribution in [1.82, 2.24) is 8.61 Å². The summed E-state index contributed by atoms with van der Waals surface area (Å²) in [6.45, 7) is -1.49. The molecular weight excluding hydrogens is 480 g/mol. The normalized spacial score (nSPS) is 17.2. The molecule has 1 fully saturated rings. The summed E-state index contributed by atoms with van der Waals surface area (Å²) in [6, 6.07) is 9.59. The lowest BCUT2D eigenvalue weighted by Gasteiger charge is -2.32. The highest BCUT2D eigenvalue weighted by atomic mass is 32.2. The molecular formula is C18H20N4O9S2. The largest absolute Gasteiger partial charge is 0.390 e. The van der Waals surface area contributed by atoms with Crippen molar-refractivity contribution in [2.24, 2.45) is 0 Å². The van der Waals surface area contributed by atoms with E-state index in [1.54, 1.807) is 0 Å². The van der Waals surface area contributed by atoms with Gasteiger partial charge in [-0.15, -0.1) is 0 Å². The molecule has 0 amide bonds. The fourth-order valence-electron chi connectivity index (χ4n) is 3.50. The van der Waals surface area contributed by atoms with E-state index in [9.17, 15) is 42.2 Å². The molecule has 15 heteroatoms. The second kappa shape index (κ2) is 9.48. The Labute approximate surface area is 189 Å². The quantitative estimate of drug-likeness (QED) is 0.446. The topological polar surface area (TPSA) is 181 Å². The minimum Gasteiger partial charge on any atom is -0.390 e.